The molecule has 0 bridgehead atoms. The zero-order valence-corrected chi connectivity index (χ0v) is 25.4. The summed E-state index contributed by atoms with van der Waals surface area (Å²) in [6.45, 7) is 16.9. The number of carbonyl (C=O) groups is 2. The largest absolute Gasteiger partial charge is 0.408 e. The van der Waals surface area contributed by atoms with Crippen LogP contribution in [0.1, 0.15) is 84.7 Å². The molecule has 0 fully saturated rings. The van der Waals surface area contributed by atoms with Gasteiger partial charge in [-0.15, -0.1) is 0 Å². The zero-order valence-electron chi connectivity index (χ0n) is 25.4. The van der Waals surface area contributed by atoms with Crippen molar-refractivity contribution in [1.29, 1.82) is 0 Å². The number of carbonyl (C=O) groups excluding carboxylic acids is 2. The number of pyridine rings is 1. The fourth-order valence-corrected chi connectivity index (χ4v) is 3.42. The normalized spacial score (nSPS) is 12.2. The van der Waals surface area contributed by atoms with Crippen LogP contribution >= 0.6 is 0 Å². The number of rotatable bonds is 5. The number of nitrogens with zero attached hydrogens (tertiary/aromatic N) is 4. The van der Waals surface area contributed by atoms with E-state index in [0.717, 1.165) is 19.4 Å². The molecule has 2 N–H and O–H groups in total. The van der Waals surface area contributed by atoms with Gasteiger partial charge in [-0.3, -0.25) is 14.7 Å². The van der Waals surface area contributed by atoms with Crippen LogP contribution in [0.15, 0.2) is 36.7 Å². The van der Waals surface area contributed by atoms with Crippen LogP contribution in [0.3, 0.4) is 0 Å². The Hall–Kier alpha value is -3.63. The first kappa shape index (κ1) is 36.4. The van der Waals surface area contributed by atoms with Gasteiger partial charge in [-0.2, -0.15) is 18.3 Å². The number of hydrogen-bond acceptors (Lipinski definition) is 5. The van der Waals surface area contributed by atoms with E-state index in [1.54, 1.807) is 30.6 Å². The number of anilines is 2. The molecule has 2 aromatic heterocycles. The highest BCUT2D eigenvalue weighted by Gasteiger charge is 2.41. The van der Waals surface area contributed by atoms with Crippen molar-refractivity contribution in [2.45, 2.75) is 87.5 Å². The second-order valence-corrected chi connectivity index (χ2v) is 8.09. The van der Waals surface area contributed by atoms with Crippen molar-refractivity contribution in [3.8, 4) is 0 Å². The average molecular weight is 567 g/mol. The molecule has 40 heavy (non-hydrogen) atoms. The number of aromatic amines is 1. The lowest BCUT2D eigenvalue weighted by Gasteiger charge is -2.28. The summed E-state index contributed by atoms with van der Waals surface area (Å²) in [5.41, 5.74) is 2.87. The number of amides is 2. The molecule has 0 aliphatic carbocycles. The number of fused-ring (bicyclic) bond motifs is 2. The molecule has 1 aliphatic heterocycles. The third-order valence-corrected chi connectivity index (χ3v) is 5.36. The molecule has 224 valence electrons. The standard InChI is InChI=1S/C20H19F3N6O2.C3H8.3C2H6/c1-11(20(21,22)23)28(2)16(30)10-29-9-12-4-3-5-15(17(12)19(29)31)26-14-6-13-7-25-27-18(13)24-8-14;1-3-2;3*1-2/h3-8,11,26H,9-10H2,1-2H3,(H,24,25,27);3H2,1-2H3;3*1-2H3. The van der Waals surface area contributed by atoms with Gasteiger partial charge < -0.3 is 15.1 Å². The summed E-state index contributed by atoms with van der Waals surface area (Å²) < 4.78 is 38.7. The summed E-state index contributed by atoms with van der Waals surface area (Å²) in [6.07, 6.45) is -0.0718. The summed E-state index contributed by atoms with van der Waals surface area (Å²) in [7, 11) is 1.08. The van der Waals surface area contributed by atoms with Gasteiger partial charge in [0.1, 0.15) is 12.6 Å². The third-order valence-electron chi connectivity index (χ3n) is 5.36. The van der Waals surface area contributed by atoms with Crippen LogP contribution < -0.4 is 5.32 Å². The summed E-state index contributed by atoms with van der Waals surface area (Å²) in [4.78, 5) is 31.4. The Bertz CT molecular complexity index is 1180. The van der Waals surface area contributed by atoms with Crippen LogP contribution in [0.4, 0.5) is 24.5 Å². The van der Waals surface area contributed by atoms with Crippen LogP contribution in [0, 0.1) is 0 Å². The molecular weight excluding hydrogens is 521 g/mol. The lowest BCUT2D eigenvalue weighted by atomic mass is 10.1. The third kappa shape index (κ3) is 9.53. The van der Waals surface area contributed by atoms with Crippen molar-refractivity contribution in [1.82, 2.24) is 25.0 Å². The Morgan fingerprint density at radius 2 is 1.73 bits per heavy atom. The Kier molecular flexibility index (Phi) is 16.2. The van der Waals surface area contributed by atoms with Crippen molar-refractivity contribution in [3.63, 3.8) is 0 Å². The number of benzene rings is 1. The molecule has 3 aromatic rings. The van der Waals surface area contributed by atoms with Gasteiger partial charge >= 0.3 is 6.18 Å². The fourth-order valence-electron chi connectivity index (χ4n) is 3.42. The van der Waals surface area contributed by atoms with Crippen molar-refractivity contribution in [2.75, 3.05) is 18.9 Å². The number of likely N-dealkylation sites (N-methyl/N-ethyl adjacent to an activating group) is 1. The molecule has 11 heteroatoms. The summed E-state index contributed by atoms with van der Waals surface area (Å²) >= 11 is 0. The van der Waals surface area contributed by atoms with Crippen LogP contribution in [-0.4, -0.2) is 62.6 Å². The Balaban J connectivity index is 0.00000153. The Morgan fingerprint density at radius 1 is 1.12 bits per heavy atom. The highest BCUT2D eigenvalue weighted by molar-refractivity contribution is 6.05. The maximum atomic E-state index is 13.0. The molecule has 8 nitrogen and oxygen atoms in total. The van der Waals surface area contributed by atoms with E-state index in [1.807, 2.05) is 47.6 Å². The van der Waals surface area contributed by atoms with E-state index >= 15 is 0 Å². The lowest BCUT2D eigenvalue weighted by Crippen LogP contribution is -2.48. The second kappa shape index (κ2) is 17.9. The van der Waals surface area contributed by atoms with Crippen LogP contribution in [0.2, 0.25) is 0 Å². The molecule has 0 radical (unpaired) electrons. The minimum Gasteiger partial charge on any atom is -0.354 e. The van der Waals surface area contributed by atoms with E-state index < -0.39 is 30.6 Å². The van der Waals surface area contributed by atoms with Gasteiger partial charge in [-0.1, -0.05) is 73.9 Å². The Labute approximate surface area is 236 Å². The van der Waals surface area contributed by atoms with Gasteiger partial charge in [0.2, 0.25) is 5.91 Å². The molecular formula is C29H45F3N6O2. The molecule has 0 spiro atoms. The molecule has 1 aliphatic rings. The number of halogens is 3. The topological polar surface area (TPSA) is 94.2 Å². The zero-order chi connectivity index (χ0) is 31.0. The van der Waals surface area contributed by atoms with Crippen LogP contribution in [0.5, 0.6) is 0 Å². The van der Waals surface area contributed by atoms with E-state index in [4.69, 9.17) is 0 Å². The number of H-pyrrole nitrogens is 1. The van der Waals surface area contributed by atoms with Crippen molar-refractivity contribution >= 4 is 34.2 Å². The molecule has 0 saturated carbocycles. The fraction of sp³-hybridized carbons (Fsp3) is 0.517. The van der Waals surface area contributed by atoms with Gasteiger partial charge in [0, 0.05) is 19.0 Å². The van der Waals surface area contributed by atoms with Gasteiger partial charge in [0.15, 0.2) is 5.65 Å². The van der Waals surface area contributed by atoms with Gasteiger partial charge in [0.05, 0.1) is 29.3 Å². The molecule has 1 aromatic carbocycles. The first-order valence-electron chi connectivity index (χ1n) is 13.9. The van der Waals surface area contributed by atoms with Crippen molar-refractivity contribution in [3.05, 3.63) is 47.8 Å². The molecule has 4 rings (SSSR count). The maximum Gasteiger partial charge on any atom is 0.408 e. The first-order chi connectivity index (χ1) is 19.1. The predicted molar refractivity (Wildman–Crippen MR) is 157 cm³/mol. The molecule has 1 atom stereocenters. The number of aromatic nitrogens is 3. The minimum absolute atomic E-state index is 0.142. The smallest absolute Gasteiger partial charge is 0.354 e. The quantitative estimate of drug-likeness (QED) is 0.332. The highest BCUT2D eigenvalue weighted by Crippen LogP contribution is 2.32. The number of alkyl halides is 3. The maximum absolute atomic E-state index is 13.0. The summed E-state index contributed by atoms with van der Waals surface area (Å²) in [5, 5.41) is 10.6. The van der Waals surface area contributed by atoms with Gasteiger partial charge in [-0.05, 0) is 24.6 Å². The SMILES string of the molecule is CC.CC.CC.CC(N(C)C(=O)CN1Cc2cccc(Nc3cnc4[nH]ncc4c3)c2C1=O)C(F)(F)F.CCC. The second-order valence-electron chi connectivity index (χ2n) is 8.09. The monoisotopic (exact) mass is 566 g/mol. The van der Waals surface area contributed by atoms with E-state index in [0.29, 0.717) is 33.0 Å². The molecule has 1 unspecified atom stereocenters. The number of nitrogens with one attached hydrogen (secondary N) is 2. The molecule has 2 amide bonds. The molecule has 3 heterocycles. The molecule has 0 saturated heterocycles. The highest BCUT2D eigenvalue weighted by atomic mass is 19.4. The van der Waals surface area contributed by atoms with Crippen molar-refractivity contribution < 1.29 is 22.8 Å². The first-order valence-corrected chi connectivity index (χ1v) is 13.9. The van der Waals surface area contributed by atoms with E-state index in [9.17, 15) is 22.8 Å². The van der Waals surface area contributed by atoms with E-state index in [1.165, 1.54) is 11.3 Å². The summed E-state index contributed by atoms with van der Waals surface area (Å²) in [5.74, 6) is -1.20. The van der Waals surface area contributed by atoms with Crippen LogP contribution in [-0.2, 0) is 11.3 Å². The average Bonchev–Trinajstić information content (AvgIpc) is 3.55. The van der Waals surface area contributed by atoms with E-state index in [2.05, 4.69) is 34.3 Å². The Morgan fingerprint density at radius 3 is 2.30 bits per heavy atom. The van der Waals surface area contributed by atoms with Gasteiger partial charge in [-0.25, -0.2) is 4.98 Å². The summed E-state index contributed by atoms with van der Waals surface area (Å²) in [6, 6.07) is 5.12. The minimum atomic E-state index is -4.54. The van der Waals surface area contributed by atoms with Gasteiger partial charge in [0.25, 0.3) is 5.91 Å². The number of hydrogen-bond donors (Lipinski definition) is 2. The predicted octanol–water partition coefficient (Wildman–Crippen LogP) is 7.56. The lowest BCUT2D eigenvalue weighted by molar-refractivity contribution is -0.182. The van der Waals surface area contributed by atoms with Crippen LogP contribution in [0.25, 0.3) is 11.0 Å². The van der Waals surface area contributed by atoms with E-state index in [-0.39, 0.29) is 6.54 Å². The van der Waals surface area contributed by atoms with Crippen molar-refractivity contribution in [2.24, 2.45) is 0 Å².